The minimum atomic E-state index is -1.01. The van der Waals surface area contributed by atoms with Gasteiger partial charge in [-0.3, -0.25) is 0 Å². The fourth-order valence-corrected chi connectivity index (χ4v) is 15.0. The number of fused-ring (bicyclic) bond motifs is 6. The van der Waals surface area contributed by atoms with E-state index in [4.69, 9.17) is 9.47 Å². The maximum absolute atomic E-state index is 16.7. The summed E-state index contributed by atoms with van der Waals surface area (Å²) in [6.45, 7) is 8.42. The smallest absolute Gasteiger partial charge is 0.150 e. The highest BCUT2D eigenvalue weighted by Gasteiger charge is 2.48. The zero-order valence-electron chi connectivity index (χ0n) is 55.0. The van der Waals surface area contributed by atoms with Crippen LogP contribution >= 0.6 is 0 Å². The molecule has 2 unspecified atom stereocenters. The minimum Gasteiger partial charge on any atom is -0.489 e. The molecule has 4 nitrogen and oxygen atoms in total. The van der Waals surface area contributed by atoms with Crippen LogP contribution in [-0.2, 0) is 24.0 Å². The van der Waals surface area contributed by atoms with Crippen molar-refractivity contribution in [2.75, 3.05) is 9.80 Å². The highest BCUT2D eigenvalue weighted by molar-refractivity contribution is 5.92. The van der Waals surface area contributed by atoms with Crippen LogP contribution in [0.15, 0.2) is 329 Å². The summed E-state index contributed by atoms with van der Waals surface area (Å²) in [7, 11) is 0. The molecule has 14 aromatic rings. The number of nitrogens with zero attached hydrogens (tertiary/aromatic N) is 2. The van der Waals surface area contributed by atoms with Crippen LogP contribution in [0.4, 0.5) is 60.5 Å². The van der Waals surface area contributed by atoms with Gasteiger partial charge in [-0.25, -0.2) is 26.3 Å². The molecule has 0 spiro atoms. The molecule has 2 aliphatic rings. The fraction of sp³-hybridized carbons (Fsp3) is 0.0435. The van der Waals surface area contributed by atoms with Crippen molar-refractivity contribution in [2.45, 2.75) is 24.0 Å². The van der Waals surface area contributed by atoms with Crippen LogP contribution in [0, 0.1) is 34.9 Å². The van der Waals surface area contributed by atoms with Gasteiger partial charge in [-0.1, -0.05) is 207 Å². The third-order valence-corrected chi connectivity index (χ3v) is 19.8. The predicted molar refractivity (Wildman–Crippen MR) is 397 cm³/mol. The van der Waals surface area contributed by atoms with Gasteiger partial charge in [-0.2, -0.15) is 0 Å². The van der Waals surface area contributed by atoms with E-state index in [2.05, 4.69) is 37.4 Å². The third kappa shape index (κ3) is 11.4. The average Bonchev–Trinajstić information content (AvgIpc) is 1.54. The molecule has 2 atom stereocenters. The van der Waals surface area contributed by atoms with E-state index in [9.17, 15) is 0 Å². The first-order valence-corrected chi connectivity index (χ1v) is 33.5. The average molecular weight is 1340 g/mol. The molecule has 0 saturated heterocycles. The topological polar surface area (TPSA) is 24.9 Å². The molecule has 0 aromatic heterocycles. The van der Waals surface area contributed by atoms with Crippen LogP contribution in [0.3, 0.4) is 0 Å². The quantitative estimate of drug-likeness (QED) is 0.0754. The van der Waals surface area contributed by atoms with Crippen molar-refractivity contribution in [3.63, 3.8) is 0 Å². The van der Waals surface area contributed by atoms with Gasteiger partial charge in [0.05, 0.1) is 22.2 Å². The van der Waals surface area contributed by atoms with E-state index in [1.54, 1.807) is 22.0 Å². The lowest BCUT2D eigenvalue weighted by atomic mass is 9.67. The Hall–Kier alpha value is -12.7. The highest BCUT2D eigenvalue weighted by Crippen LogP contribution is 2.60. The normalized spacial score (nSPS) is 14.6. The van der Waals surface area contributed by atoms with Gasteiger partial charge in [-0.05, 0) is 221 Å². The third-order valence-electron chi connectivity index (χ3n) is 19.8. The monoisotopic (exact) mass is 1340 g/mol. The van der Waals surface area contributed by atoms with E-state index in [0.29, 0.717) is 47.5 Å². The summed E-state index contributed by atoms with van der Waals surface area (Å²) in [6, 6.07) is 95.7. The van der Waals surface area contributed by atoms with E-state index in [-0.39, 0.29) is 23.0 Å². The van der Waals surface area contributed by atoms with Crippen molar-refractivity contribution in [2.24, 2.45) is 0 Å². The van der Waals surface area contributed by atoms with Crippen LogP contribution in [0.5, 0.6) is 11.5 Å². The molecule has 0 aliphatic heterocycles. The molecule has 16 rings (SSSR count). The summed E-state index contributed by atoms with van der Waals surface area (Å²) in [6.07, 6.45) is 3.59. The summed E-state index contributed by atoms with van der Waals surface area (Å²) in [4.78, 5) is 3.53. The predicted octanol–water partition coefficient (Wildman–Crippen LogP) is 24.3. The Morgan fingerprint density at radius 2 is 0.618 bits per heavy atom. The van der Waals surface area contributed by atoms with Crippen molar-refractivity contribution in [3.8, 4) is 44.9 Å². The molecule has 0 amide bonds. The maximum Gasteiger partial charge on any atom is 0.150 e. The number of ether oxygens (including phenoxy) is 2. The second-order valence-electron chi connectivity index (χ2n) is 25.5. The van der Waals surface area contributed by atoms with E-state index in [1.165, 1.54) is 48.5 Å². The van der Waals surface area contributed by atoms with Gasteiger partial charge < -0.3 is 19.3 Å². The number of halogens is 6. The van der Waals surface area contributed by atoms with Gasteiger partial charge in [-0.15, -0.1) is 0 Å². The number of benzene rings is 14. The Labute approximate surface area is 587 Å². The van der Waals surface area contributed by atoms with Crippen molar-refractivity contribution < 1.29 is 35.8 Å². The maximum atomic E-state index is 16.7. The lowest BCUT2D eigenvalue weighted by Gasteiger charge is -2.35. The highest BCUT2D eigenvalue weighted by atomic mass is 19.2. The van der Waals surface area contributed by atoms with Gasteiger partial charge in [0, 0.05) is 34.9 Å². The van der Waals surface area contributed by atoms with Crippen LogP contribution in [0.2, 0.25) is 0 Å². The Morgan fingerprint density at radius 1 is 0.294 bits per heavy atom. The number of anilines is 6. The Kier molecular flexibility index (Phi) is 16.7. The van der Waals surface area contributed by atoms with E-state index < -0.39 is 34.1 Å². The van der Waals surface area contributed by atoms with E-state index in [0.717, 1.165) is 112 Å². The Morgan fingerprint density at radius 3 is 0.971 bits per heavy atom. The van der Waals surface area contributed by atoms with Crippen molar-refractivity contribution in [1.29, 1.82) is 0 Å². The van der Waals surface area contributed by atoms with Gasteiger partial charge >= 0.3 is 0 Å². The molecule has 0 N–H and O–H groups in total. The zero-order chi connectivity index (χ0) is 69.6. The standard InChI is InChI=1S/C92H62F6N2O2/c1-3-59-13-17-61(18-14-59)57-101-77-45-29-67(30-46-77)91(65-25-33-69(93)34-26-65)83-11-7-5-9-79(83)81-49-43-75(55-85(81)91)99(89-51-37-71(95)53-87(89)97)73-39-21-63(22-40-73)64-23-41-74(42-24-64)100(90-52-38-72(96)54-88(90)98)76-44-50-82-80-10-6-8-12-84(80)92(86(82)56-76,66-27-35-70(94)36-28-66)68-31-47-78(48-32-68)102-58-62-19-15-60(4-2)16-20-62/h3-56H,1-2,57-58H2. The van der Waals surface area contributed by atoms with E-state index in [1.807, 2.05) is 231 Å². The lowest BCUT2D eigenvalue weighted by molar-refractivity contribution is 0.306. The molecule has 14 aromatic carbocycles. The minimum absolute atomic E-state index is 0.0977. The molecule has 0 bridgehead atoms. The van der Waals surface area contributed by atoms with Crippen LogP contribution in [0.1, 0.15) is 66.8 Å². The zero-order valence-corrected chi connectivity index (χ0v) is 55.0. The Balaban J connectivity index is 0.763. The molecule has 2 aliphatic carbocycles. The van der Waals surface area contributed by atoms with Crippen molar-refractivity contribution in [1.82, 2.24) is 0 Å². The van der Waals surface area contributed by atoms with Crippen LogP contribution < -0.4 is 19.3 Å². The summed E-state index contributed by atoms with van der Waals surface area (Å²) < 4.78 is 106. The summed E-state index contributed by atoms with van der Waals surface area (Å²) in [5.41, 5.74) is 16.9. The largest absolute Gasteiger partial charge is 0.489 e. The van der Waals surface area contributed by atoms with E-state index >= 15 is 26.3 Å². The molecule has 102 heavy (non-hydrogen) atoms. The van der Waals surface area contributed by atoms with Crippen LogP contribution in [0.25, 0.3) is 45.5 Å². The molecular formula is C92H62F6N2O2. The summed E-state index contributed by atoms with van der Waals surface area (Å²) in [5.74, 6) is -2.50. The second kappa shape index (κ2) is 26.5. The first-order valence-electron chi connectivity index (χ1n) is 33.5. The van der Waals surface area contributed by atoms with Gasteiger partial charge in [0.25, 0.3) is 0 Å². The second-order valence-corrected chi connectivity index (χ2v) is 25.5. The fourth-order valence-electron chi connectivity index (χ4n) is 15.0. The molecule has 0 radical (unpaired) electrons. The van der Waals surface area contributed by atoms with Crippen molar-refractivity contribution >= 4 is 46.3 Å². The lowest BCUT2D eigenvalue weighted by Crippen LogP contribution is -2.29. The van der Waals surface area contributed by atoms with Gasteiger partial charge in [0.15, 0.2) is 0 Å². The SMILES string of the molecule is C=Cc1ccc(COc2ccc(C3(c4ccc(F)cc4)c4ccccc4-c4ccc(N(c5ccc(-c6ccc(N(c7ccc8c(c7)C(c7ccc(F)cc7)(c7ccc(OCc9ccc(C=C)cc9)cc7)c7ccccc7-8)c7ccc(F)cc7F)cc6)cc5)c5ccc(F)cc5F)cc43)cc2)cc1. The molecule has 494 valence electrons. The number of rotatable bonds is 19. The molecule has 0 saturated carbocycles. The Bertz CT molecular complexity index is 5150. The number of hydrogen-bond donors (Lipinski definition) is 0. The first kappa shape index (κ1) is 64.0. The molecule has 0 fully saturated rings. The molecule has 0 heterocycles. The molecule has 10 heteroatoms. The van der Waals surface area contributed by atoms with Crippen molar-refractivity contribution in [3.05, 3.63) is 430 Å². The van der Waals surface area contributed by atoms with Gasteiger partial charge in [0.1, 0.15) is 59.6 Å². The first-order chi connectivity index (χ1) is 49.9. The molecular weight excluding hydrogens is 1280 g/mol. The summed E-state index contributed by atoms with van der Waals surface area (Å²) >= 11 is 0. The summed E-state index contributed by atoms with van der Waals surface area (Å²) in [5, 5.41) is 0. The number of hydrogen-bond acceptors (Lipinski definition) is 4. The van der Waals surface area contributed by atoms with Gasteiger partial charge in [0.2, 0.25) is 0 Å². The van der Waals surface area contributed by atoms with Crippen LogP contribution in [-0.4, -0.2) is 0 Å².